The van der Waals surface area contributed by atoms with E-state index in [-0.39, 0.29) is 5.52 Å². The molecule has 1 aromatic carbocycles. The van der Waals surface area contributed by atoms with Crippen molar-refractivity contribution in [1.82, 2.24) is 14.5 Å². The number of nitrogens with one attached hydrogen (secondary N) is 1. The summed E-state index contributed by atoms with van der Waals surface area (Å²) in [6, 6.07) is 8.12. The summed E-state index contributed by atoms with van der Waals surface area (Å²) in [5, 5.41) is 0. The van der Waals surface area contributed by atoms with Gasteiger partial charge in [0.25, 0.3) is 0 Å². The zero-order valence-electron chi connectivity index (χ0n) is 10.7. The molecule has 2 heterocycles. The van der Waals surface area contributed by atoms with Crippen molar-refractivity contribution < 1.29 is 8.78 Å². The Morgan fingerprint density at radius 2 is 2.05 bits per heavy atom. The molecule has 0 aliphatic heterocycles. The van der Waals surface area contributed by atoms with Gasteiger partial charge < -0.3 is 9.55 Å². The summed E-state index contributed by atoms with van der Waals surface area (Å²) in [5.74, 6) is -1.79. The van der Waals surface area contributed by atoms with E-state index in [0.29, 0.717) is 16.8 Å². The highest BCUT2D eigenvalue weighted by molar-refractivity contribution is 7.71. The van der Waals surface area contributed by atoms with Crippen LogP contribution < -0.4 is 0 Å². The van der Waals surface area contributed by atoms with Crippen molar-refractivity contribution in [3.05, 3.63) is 58.1 Å². The van der Waals surface area contributed by atoms with Crippen LogP contribution >= 0.6 is 12.2 Å². The lowest BCUT2D eigenvalue weighted by atomic mass is 10.2. The van der Waals surface area contributed by atoms with E-state index in [2.05, 4.69) is 9.97 Å². The second-order valence-corrected chi connectivity index (χ2v) is 4.93. The Balaban J connectivity index is 2.18. The summed E-state index contributed by atoms with van der Waals surface area (Å²) in [5.41, 5.74) is 2.21. The molecule has 20 heavy (non-hydrogen) atoms. The third-order valence-corrected chi connectivity index (χ3v) is 3.41. The molecule has 0 radical (unpaired) electrons. The van der Waals surface area contributed by atoms with Gasteiger partial charge >= 0.3 is 0 Å². The molecule has 102 valence electrons. The summed E-state index contributed by atoms with van der Waals surface area (Å²) in [6.07, 6.45) is 0. The van der Waals surface area contributed by atoms with E-state index in [1.807, 2.05) is 25.1 Å². The molecule has 2 aromatic heterocycles. The molecule has 0 unspecified atom stereocenters. The van der Waals surface area contributed by atoms with Gasteiger partial charge in [-0.2, -0.15) is 0 Å². The molecule has 6 heteroatoms. The normalized spacial score (nSPS) is 11.2. The number of hydrogen-bond donors (Lipinski definition) is 1. The fourth-order valence-electron chi connectivity index (χ4n) is 2.19. The van der Waals surface area contributed by atoms with Crippen molar-refractivity contribution >= 4 is 23.3 Å². The predicted octanol–water partition coefficient (Wildman–Crippen LogP) is 3.73. The molecule has 0 bridgehead atoms. The highest BCUT2D eigenvalue weighted by Crippen LogP contribution is 2.21. The summed E-state index contributed by atoms with van der Waals surface area (Å²) in [7, 11) is 0. The van der Waals surface area contributed by atoms with Gasteiger partial charge in [-0.05, 0) is 43.4 Å². The number of rotatable bonds is 2. The minimum Gasteiger partial charge on any atom is -0.330 e. The molecule has 0 aliphatic carbocycles. The predicted molar refractivity (Wildman–Crippen MR) is 75.1 cm³/mol. The van der Waals surface area contributed by atoms with E-state index in [4.69, 9.17) is 12.2 Å². The van der Waals surface area contributed by atoms with Gasteiger partial charge in [-0.1, -0.05) is 6.07 Å². The van der Waals surface area contributed by atoms with E-state index in [9.17, 15) is 8.78 Å². The molecule has 3 rings (SSSR count). The summed E-state index contributed by atoms with van der Waals surface area (Å²) >= 11 is 5.18. The number of halogens is 2. The van der Waals surface area contributed by atoms with Crippen molar-refractivity contribution in [2.45, 2.75) is 13.5 Å². The summed E-state index contributed by atoms with van der Waals surface area (Å²) in [6.45, 7) is 2.17. The van der Waals surface area contributed by atoms with Gasteiger partial charge in [0.05, 0.1) is 17.8 Å². The SMILES string of the molecule is Cc1cccc(Cn2c(=S)[nH]c3ccc(F)c(F)c32)n1. The highest BCUT2D eigenvalue weighted by Gasteiger charge is 2.14. The monoisotopic (exact) mass is 291 g/mol. The number of hydrogen-bond acceptors (Lipinski definition) is 2. The van der Waals surface area contributed by atoms with Crippen LogP contribution in [-0.4, -0.2) is 14.5 Å². The first kappa shape index (κ1) is 12.9. The number of aromatic amines is 1. The average molecular weight is 291 g/mol. The number of H-pyrrole nitrogens is 1. The molecule has 0 amide bonds. The van der Waals surface area contributed by atoms with Crippen LogP contribution in [0.2, 0.25) is 0 Å². The zero-order chi connectivity index (χ0) is 14.3. The standard InChI is InChI=1S/C14H11F2N3S/c1-8-3-2-4-9(17-8)7-19-13-11(18-14(19)20)6-5-10(15)12(13)16/h2-6H,7H2,1H3,(H,18,20). The lowest BCUT2D eigenvalue weighted by Crippen LogP contribution is -2.04. The molecule has 0 saturated heterocycles. The molecular weight excluding hydrogens is 280 g/mol. The van der Waals surface area contributed by atoms with Crippen LogP contribution in [0.15, 0.2) is 30.3 Å². The maximum atomic E-state index is 14.0. The fourth-order valence-corrected chi connectivity index (χ4v) is 2.46. The van der Waals surface area contributed by atoms with Gasteiger partial charge in [-0.25, -0.2) is 8.78 Å². The second-order valence-electron chi connectivity index (χ2n) is 4.54. The maximum Gasteiger partial charge on any atom is 0.184 e. The van der Waals surface area contributed by atoms with Gasteiger partial charge in [-0.15, -0.1) is 0 Å². The third kappa shape index (κ3) is 2.12. The van der Waals surface area contributed by atoms with Gasteiger partial charge in [0, 0.05) is 5.69 Å². The highest BCUT2D eigenvalue weighted by atomic mass is 32.1. The quantitative estimate of drug-likeness (QED) is 0.730. The molecule has 1 N–H and O–H groups in total. The third-order valence-electron chi connectivity index (χ3n) is 3.09. The Morgan fingerprint density at radius 3 is 2.80 bits per heavy atom. The Kier molecular flexibility index (Phi) is 3.10. The Labute approximate surface area is 118 Å². The number of fused-ring (bicyclic) bond motifs is 1. The number of aromatic nitrogens is 3. The van der Waals surface area contributed by atoms with Crippen molar-refractivity contribution in [3.8, 4) is 0 Å². The Morgan fingerprint density at radius 1 is 1.25 bits per heavy atom. The van der Waals surface area contributed by atoms with Crippen LogP contribution in [0, 0.1) is 23.3 Å². The molecule has 3 aromatic rings. The van der Waals surface area contributed by atoms with Crippen LogP contribution in [0.4, 0.5) is 8.78 Å². The Bertz CT molecular complexity index is 851. The topological polar surface area (TPSA) is 33.6 Å². The molecule has 0 saturated carbocycles. The molecule has 0 atom stereocenters. The first-order valence-electron chi connectivity index (χ1n) is 6.05. The number of nitrogens with zero attached hydrogens (tertiary/aromatic N) is 2. The first-order valence-corrected chi connectivity index (χ1v) is 6.46. The number of aryl methyl sites for hydroxylation is 1. The first-order chi connectivity index (χ1) is 9.56. The number of pyridine rings is 1. The number of imidazole rings is 1. The minimum absolute atomic E-state index is 0.137. The largest absolute Gasteiger partial charge is 0.330 e. The van der Waals surface area contributed by atoms with Gasteiger partial charge in [0.1, 0.15) is 5.52 Å². The van der Waals surface area contributed by atoms with Crippen molar-refractivity contribution in [2.24, 2.45) is 0 Å². The van der Waals surface area contributed by atoms with Crippen molar-refractivity contribution in [3.63, 3.8) is 0 Å². The van der Waals surface area contributed by atoms with Crippen LogP contribution in [0.25, 0.3) is 11.0 Å². The van der Waals surface area contributed by atoms with Crippen LogP contribution in [0.3, 0.4) is 0 Å². The average Bonchev–Trinajstić information content (AvgIpc) is 2.72. The molecule has 3 nitrogen and oxygen atoms in total. The van der Waals surface area contributed by atoms with Gasteiger partial charge in [-0.3, -0.25) is 4.98 Å². The van der Waals surface area contributed by atoms with E-state index in [1.54, 1.807) is 0 Å². The van der Waals surface area contributed by atoms with Crippen LogP contribution in [-0.2, 0) is 6.54 Å². The fraction of sp³-hybridized carbons (Fsp3) is 0.143. The second kappa shape index (κ2) is 4.79. The van der Waals surface area contributed by atoms with Crippen molar-refractivity contribution in [1.29, 1.82) is 0 Å². The van der Waals surface area contributed by atoms with E-state index >= 15 is 0 Å². The van der Waals surface area contributed by atoms with Crippen molar-refractivity contribution in [2.75, 3.05) is 0 Å². The minimum atomic E-state index is -0.900. The zero-order valence-corrected chi connectivity index (χ0v) is 11.5. The Hall–Kier alpha value is -2.08. The van der Waals surface area contributed by atoms with E-state index < -0.39 is 11.6 Å². The van der Waals surface area contributed by atoms with Crippen LogP contribution in [0.5, 0.6) is 0 Å². The van der Waals surface area contributed by atoms with E-state index in [1.165, 1.54) is 10.6 Å². The molecule has 0 fully saturated rings. The lowest BCUT2D eigenvalue weighted by molar-refractivity contribution is 0.512. The lowest BCUT2D eigenvalue weighted by Gasteiger charge is -2.06. The smallest absolute Gasteiger partial charge is 0.184 e. The van der Waals surface area contributed by atoms with E-state index in [0.717, 1.165) is 17.5 Å². The maximum absolute atomic E-state index is 14.0. The number of benzene rings is 1. The molecule has 0 spiro atoms. The van der Waals surface area contributed by atoms with Gasteiger partial charge in [0.15, 0.2) is 16.4 Å². The summed E-state index contributed by atoms with van der Waals surface area (Å²) in [4.78, 5) is 7.22. The molecule has 0 aliphatic rings. The molecular formula is C14H11F2N3S. The van der Waals surface area contributed by atoms with Gasteiger partial charge in [0.2, 0.25) is 0 Å². The summed E-state index contributed by atoms with van der Waals surface area (Å²) < 4.78 is 29.2. The van der Waals surface area contributed by atoms with Crippen LogP contribution in [0.1, 0.15) is 11.4 Å².